The highest BCUT2D eigenvalue weighted by Gasteiger charge is 2.27. The van der Waals surface area contributed by atoms with Gasteiger partial charge in [0.1, 0.15) is 0 Å². The van der Waals surface area contributed by atoms with Crippen molar-refractivity contribution in [1.82, 2.24) is 10.3 Å². The van der Waals surface area contributed by atoms with Gasteiger partial charge in [0.05, 0.1) is 15.2 Å². The molecule has 1 fully saturated rings. The van der Waals surface area contributed by atoms with Crippen molar-refractivity contribution in [3.8, 4) is 0 Å². The zero-order valence-electron chi connectivity index (χ0n) is 9.03. The van der Waals surface area contributed by atoms with Crippen LogP contribution in [0.3, 0.4) is 0 Å². The number of benzene rings is 1. The summed E-state index contributed by atoms with van der Waals surface area (Å²) in [6.07, 6.45) is 0. The molecule has 0 saturated carbocycles. The van der Waals surface area contributed by atoms with Crippen LogP contribution in [0.4, 0.5) is 0 Å². The lowest BCUT2D eigenvalue weighted by atomic mass is 9.99. The molecule has 2 atom stereocenters. The molecule has 0 aliphatic carbocycles. The number of hydrogen-bond acceptors (Lipinski definition) is 3. The third-order valence-electron chi connectivity index (χ3n) is 3.20. The average molecular weight is 253 g/mol. The second kappa shape index (κ2) is 3.99. The summed E-state index contributed by atoms with van der Waals surface area (Å²) in [6, 6.07) is 5.94. The highest BCUT2D eigenvalue weighted by Crippen LogP contribution is 2.34. The monoisotopic (exact) mass is 252 g/mol. The molecule has 1 aromatic heterocycles. The average Bonchev–Trinajstić information content (AvgIpc) is 2.82. The van der Waals surface area contributed by atoms with Gasteiger partial charge in [-0.1, -0.05) is 18.5 Å². The maximum Gasteiger partial charge on any atom is 0.0985 e. The first-order valence-corrected chi connectivity index (χ1v) is 6.70. The summed E-state index contributed by atoms with van der Waals surface area (Å²) in [5.74, 6) is 1.24. The van der Waals surface area contributed by atoms with Crippen molar-refractivity contribution in [2.75, 3.05) is 13.1 Å². The zero-order chi connectivity index (χ0) is 11.1. The van der Waals surface area contributed by atoms with Gasteiger partial charge >= 0.3 is 0 Å². The summed E-state index contributed by atoms with van der Waals surface area (Å²) in [6.45, 7) is 4.43. The van der Waals surface area contributed by atoms with Gasteiger partial charge in [0.2, 0.25) is 0 Å². The quantitative estimate of drug-likeness (QED) is 0.843. The van der Waals surface area contributed by atoms with Crippen LogP contribution in [0, 0.1) is 5.92 Å². The molecule has 1 aromatic carbocycles. The maximum atomic E-state index is 5.97. The van der Waals surface area contributed by atoms with Gasteiger partial charge in [-0.2, -0.15) is 0 Å². The van der Waals surface area contributed by atoms with Crippen molar-refractivity contribution in [3.63, 3.8) is 0 Å². The first-order chi connectivity index (χ1) is 7.74. The largest absolute Gasteiger partial charge is 0.316 e. The van der Waals surface area contributed by atoms with Crippen molar-refractivity contribution in [2.24, 2.45) is 5.92 Å². The molecule has 1 aliphatic rings. The summed E-state index contributed by atoms with van der Waals surface area (Å²) in [5, 5.41) is 5.43. The van der Waals surface area contributed by atoms with Crippen molar-refractivity contribution in [3.05, 3.63) is 28.2 Å². The molecule has 2 aromatic rings. The van der Waals surface area contributed by atoms with E-state index in [1.165, 1.54) is 9.71 Å². The van der Waals surface area contributed by atoms with E-state index in [2.05, 4.69) is 18.3 Å². The Bertz CT molecular complexity index is 523. The van der Waals surface area contributed by atoms with Gasteiger partial charge < -0.3 is 5.32 Å². The van der Waals surface area contributed by atoms with Crippen LogP contribution in [0.2, 0.25) is 5.02 Å². The molecule has 1 saturated heterocycles. The van der Waals surface area contributed by atoms with Crippen molar-refractivity contribution < 1.29 is 0 Å². The molecule has 1 N–H and O–H groups in total. The molecule has 2 heterocycles. The number of nitrogens with one attached hydrogen (secondary N) is 1. The predicted octanol–water partition coefficient (Wildman–Crippen LogP) is 3.27. The number of thiazole rings is 1. The third kappa shape index (κ3) is 1.73. The fraction of sp³-hybridized carbons (Fsp3) is 0.417. The fourth-order valence-electron chi connectivity index (χ4n) is 2.22. The Morgan fingerprint density at radius 1 is 1.44 bits per heavy atom. The Morgan fingerprint density at radius 2 is 2.31 bits per heavy atom. The first-order valence-electron chi connectivity index (χ1n) is 5.51. The summed E-state index contributed by atoms with van der Waals surface area (Å²) in [5.41, 5.74) is 1.03. The van der Waals surface area contributed by atoms with Gasteiger partial charge in [-0.15, -0.1) is 11.3 Å². The van der Waals surface area contributed by atoms with E-state index in [-0.39, 0.29) is 0 Å². The topological polar surface area (TPSA) is 24.9 Å². The SMILES string of the molecule is C[C@@H]1CNC[C@H]1c1nc2cc(Cl)ccc2s1. The van der Waals surface area contributed by atoms with Crippen LogP contribution in [-0.4, -0.2) is 18.1 Å². The van der Waals surface area contributed by atoms with Crippen molar-refractivity contribution in [1.29, 1.82) is 0 Å². The van der Waals surface area contributed by atoms with Gasteiger partial charge in [0.25, 0.3) is 0 Å². The third-order valence-corrected chi connectivity index (χ3v) is 4.60. The van der Waals surface area contributed by atoms with Crippen LogP contribution in [0.5, 0.6) is 0 Å². The van der Waals surface area contributed by atoms with E-state index < -0.39 is 0 Å². The van der Waals surface area contributed by atoms with E-state index in [0.717, 1.165) is 23.6 Å². The molecule has 2 nitrogen and oxygen atoms in total. The lowest BCUT2D eigenvalue weighted by molar-refractivity contribution is 0.570. The predicted molar refractivity (Wildman–Crippen MR) is 69.4 cm³/mol. The summed E-state index contributed by atoms with van der Waals surface area (Å²) in [7, 11) is 0. The van der Waals surface area contributed by atoms with Gasteiger partial charge in [0, 0.05) is 17.5 Å². The van der Waals surface area contributed by atoms with E-state index in [9.17, 15) is 0 Å². The zero-order valence-corrected chi connectivity index (χ0v) is 10.6. The van der Waals surface area contributed by atoms with Gasteiger partial charge in [-0.25, -0.2) is 4.98 Å². The number of aromatic nitrogens is 1. The molecule has 1 aliphatic heterocycles. The number of fused-ring (bicyclic) bond motifs is 1. The van der Waals surface area contributed by atoms with Crippen LogP contribution >= 0.6 is 22.9 Å². The minimum absolute atomic E-state index is 0.566. The minimum Gasteiger partial charge on any atom is -0.316 e. The molecule has 0 bridgehead atoms. The summed E-state index contributed by atoms with van der Waals surface area (Å²) >= 11 is 7.77. The van der Waals surface area contributed by atoms with E-state index in [1.807, 2.05) is 12.1 Å². The molecule has 4 heteroatoms. The molecule has 0 amide bonds. The summed E-state index contributed by atoms with van der Waals surface area (Å²) < 4.78 is 1.23. The van der Waals surface area contributed by atoms with Crippen LogP contribution in [0.15, 0.2) is 18.2 Å². The highest BCUT2D eigenvalue weighted by molar-refractivity contribution is 7.18. The number of nitrogens with zero attached hydrogens (tertiary/aromatic N) is 1. The Labute approximate surface area is 104 Å². The van der Waals surface area contributed by atoms with Crippen LogP contribution in [0.1, 0.15) is 17.8 Å². The van der Waals surface area contributed by atoms with Crippen LogP contribution < -0.4 is 5.32 Å². The van der Waals surface area contributed by atoms with Crippen molar-refractivity contribution in [2.45, 2.75) is 12.8 Å². The molecule has 0 radical (unpaired) electrons. The molecular formula is C12H13ClN2S. The molecule has 0 unspecified atom stereocenters. The van der Waals surface area contributed by atoms with E-state index in [1.54, 1.807) is 11.3 Å². The smallest absolute Gasteiger partial charge is 0.0985 e. The lowest BCUT2D eigenvalue weighted by Gasteiger charge is -2.09. The Kier molecular flexibility index (Phi) is 2.62. The summed E-state index contributed by atoms with van der Waals surface area (Å²) in [4.78, 5) is 4.70. The number of hydrogen-bond donors (Lipinski definition) is 1. The second-order valence-corrected chi connectivity index (χ2v) is 5.90. The van der Waals surface area contributed by atoms with Gasteiger partial charge in [-0.05, 0) is 30.7 Å². The maximum absolute atomic E-state index is 5.97. The number of rotatable bonds is 1. The molecular weight excluding hydrogens is 240 g/mol. The van der Waals surface area contributed by atoms with Crippen LogP contribution in [0.25, 0.3) is 10.2 Å². The highest BCUT2D eigenvalue weighted by atomic mass is 35.5. The van der Waals surface area contributed by atoms with Gasteiger partial charge in [0.15, 0.2) is 0 Å². The minimum atomic E-state index is 0.566. The molecule has 84 valence electrons. The normalized spacial score (nSPS) is 25.4. The van der Waals surface area contributed by atoms with Gasteiger partial charge in [-0.3, -0.25) is 0 Å². The number of halogens is 1. The van der Waals surface area contributed by atoms with Crippen molar-refractivity contribution >= 4 is 33.2 Å². The molecule has 0 spiro atoms. The van der Waals surface area contributed by atoms with E-state index >= 15 is 0 Å². The Balaban J connectivity index is 2.04. The first kappa shape index (κ1) is 10.5. The van der Waals surface area contributed by atoms with E-state index in [4.69, 9.17) is 16.6 Å². The Hall–Kier alpha value is -0.640. The Morgan fingerprint density at radius 3 is 3.06 bits per heavy atom. The molecule has 16 heavy (non-hydrogen) atoms. The van der Waals surface area contributed by atoms with E-state index in [0.29, 0.717) is 11.8 Å². The fourth-order valence-corrected chi connectivity index (χ4v) is 3.57. The lowest BCUT2D eigenvalue weighted by Crippen LogP contribution is -2.07. The standard InChI is InChI=1S/C12H13ClN2S/c1-7-5-14-6-9(7)12-15-10-4-8(13)2-3-11(10)16-12/h2-4,7,9,14H,5-6H2,1H3/t7-,9-/m1/s1. The second-order valence-electron chi connectivity index (χ2n) is 4.41. The van der Waals surface area contributed by atoms with Crippen LogP contribution in [-0.2, 0) is 0 Å². The molecule has 3 rings (SSSR count).